The Kier molecular flexibility index (Phi) is 6.68. The van der Waals surface area contributed by atoms with E-state index >= 15 is 0 Å². The number of amides is 1. The molecule has 162 valence electrons. The van der Waals surface area contributed by atoms with Gasteiger partial charge in [-0.3, -0.25) is 4.79 Å². The second-order valence-corrected chi connectivity index (χ2v) is 8.29. The Morgan fingerprint density at radius 2 is 1.81 bits per heavy atom. The number of thioether (sulfide) groups is 1. The van der Waals surface area contributed by atoms with Crippen molar-refractivity contribution in [2.45, 2.75) is 6.61 Å². The number of phenolic OH excluding ortho intramolecular Hbond substituents is 1. The number of hydrogen-bond acceptors (Lipinski definition) is 6. The van der Waals surface area contributed by atoms with E-state index in [4.69, 9.17) is 21.1 Å². The molecule has 3 aromatic carbocycles. The van der Waals surface area contributed by atoms with E-state index in [-0.39, 0.29) is 11.7 Å². The number of nitrogens with one attached hydrogen (secondary N) is 1. The van der Waals surface area contributed by atoms with Gasteiger partial charge in [0.15, 0.2) is 16.7 Å². The summed E-state index contributed by atoms with van der Waals surface area (Å²) in [5, 5.41) is 13.3. The normalized spacial score (nSPS) is 15.8. The Morgan fingerprint density at radius 1 is 1.06 bits per heavy atom. The summed E-state index contributed by atoms with van der Waals surface area (Å²) in [7, 11) is 1.57. The fourth-order valence-electron chi connectivity index (χ4n) is 2.91. The van der Waals surface area contributed by atoms with Crippen LogP contribution < -0.4 is 14.8 Å². The molecule has 8 heteroatoms. The Hall–Kier alpha value is -3.42. The fourth-order valence-corrected chi connectivity index (χ4v) is 3.88. The predicted octanol–water partition coefficient (Wildman–Crippen LogP) is 5.52. The summed E-state index contributed by atoms with van der Waals surface area (Å²) in [6.07, 6.45) is 1.77. The highest BCUT2D eigenvalue weighted by molar-refractivity contribution is 8.18. The zero-order valence-corrected chi connectivity index (χ0v) is 18.6. The van der Waals surface area contributed by atoms with E-state index in [0.29, 0.717) is 38.9 Å². The van der Waals surface area contributed by atoms with E-state index in [1.54, 1.807) is 37.5 Å². The van der Waals surface area contributed by atoms with Gasteiger partial charge in [0.1, 0.15) is 12.4 Å². The number of phenols is 1. The van der Waals surface area contributed by atoms with Crippen LogP contribution in [0.15, 0.2) is 76.6 Å². The number of methoxy groups -OCH3 is 1. The smallest absolute Gasteiger partial charge is 0.264 e. The van der Waals surface area contributed by atoms with E-state index in [0.717, 1.165) is 11.1 Å². The van der Waals surface area contributed by atoms with E-state index in [2.05, 4.69) is 10.3 Å². The summed E-state index contributed by atoms with van der Waals surface area (Å²) in [6, 6.07) is 19.3. The third-order valence-electron chi connectivity index (χ3n) is 4.52. The van der Waals surface area contributed by atoms with Crippen LogP contribution >= 0.6 is 23.4 Å². The minimum atomic E-state index is -0.227. The number of hydrogen-bond donors (Lipinski definition) is 2. The monoisotopic (exact) mass is 466 g/mol. The van der Waals surface area contributed by atoms with E-state index in [1.165, 1.54) is 11.8 Å². The second kappa shape index (κ2) is 9.80. The molecule has 4 rings (SSSR count). The van der Waals surface area contributed by atoms with Crippen LogP contribution in [-0.4, -0.2) is 23.3 Å². The van der Waals surface area contributed by atoms with Gasteiger partial charge in [0.25, 0.3) is 5.91 Å². The Morgan fingerprint density at radius 3 is 2.53 bits per heavy atom. The van der Waals surface area contributed by atoms with Crippen molar-refractivity contribution in [2.75, 3.05) is 7.11 Å². The van der Waals surface area contributed by atoms with Crippen LogP contribution in [0.3, 0.4) is 0 Å². The third kappa shape index (κ3) is 5.43. The average molecular weight is 467 g/mol. The lowest BCUT2D eigenvalue weighted by Gasteiger charge is -2.11. The average Bonchev–Trinajstić information content (AvgIpc) is 3.13. The Labute approximate surface area is 194 Å². The SMILES string of the molecule is COc1cc(/C=C2\SC(=Nc3ccc(O)cc3)NC2=O)ccc1OCc1ccc(Cl)cc1. The first-order chi connectivity index (χ1) is 15.5. The summed E-state index contributed by atoms with van der Waals surface area (Å²) >= 11 is 7.16. The number of halogens is 1. The molecule has 1 heterocycles. The molecule has 0 bridgehead atoms. The van der Waals surface area contributed by atoms with Crippen LogP contribution in [0.1, 0.15) is 11.1 Å². The molecule has 32 heavy (non-hydrogen) atoms. The molecule has 0 saturated carbocycles. The van der Waals surface area contributed by atoms with Crippen molar-refractivity contribution in [3.8, 4) is 17.2 Å². The van der Waals surface area contributed by atoms with Gasteiger partial charge in [-0.15, -0.1) is 0 Å². The molecular weight excluding hydrogens is 448 g/mol. The first-order valence-corrected chi connectivity index (χ1v) is 10.8. The molecule has 3 aromatic rings. The van der Waals surface area contributed by atoms with E-state index in [1.807, 2.05) is 42.5 Å². The molecule has 1 saturated heterocycles. The van der Waals surface area contributed by atoms with Gasteiger partial charge >= 0.3 is 0 Å². The molecule has 0 spiro atoms. The van der Waals surface area contributed by atoms with Gasteiger partial charge in [-0.1, -0.05) is 29.8 Å². The predicted molar refractivity (Wildman–Crippen MR) is 128 cm³/mol. The number of aromatic hydroxyl groups is 1. The number of nitrogens with zero attached hydrogens (tertiary/aromatic N) is 1. The lowest BCUT2D eigenvalue weighted by Crippen LogP contribution is -2.19. The number of carbonyl (C=O) groups is 1. The summed E-state index contributed by atoms with van der Waals surface area (Å²) in [4.78, 5) is 17.3. The van der Waals surface area contributed by atoms with Crippen LogP contribution in [0.4, 0.5) is 5.69 Å². The van der Waals surface area contributed by atoms with Gasteiger partial charge in [-0.2, -0.15) is 0 Å². The Bertz CT molecular complexity index is 1190. The number of aliphatic imine (C=N–C) groups is 1. The molecule has 0 aromatic heterocycles. The molecule has 1 aliphatic rings. The van der Waals surface area contributed by atoms with E-state index in [9.17, 15) is 9.90 Å². The molecular formula is C24H19ClN2O4S. The number of rotatable bonds is 6. The first-order valence-electron chi connectivity index (χ1n) is 9.64. The lowest BCUT2D eigenvalue weighted by atomic mass is 10.2. The minimum absolute atomic E-state index is 0.159. The molecule has 6 nitrogen and oxygen atoms in total. The van der Waals surface area contributed by atoms with Crippen molar-refractivity contribution in [1.82, 2.24) is 5.32 Å². The third-order valence-corrected chi connectivity index (χ3v) is 5.69. The second-order valence-electron chi connectivity index (χ2n) is 6.82. The topological polar surface area (TPSA) is 80.2 Å². The zero-order chi connectivity index (χ0) is 22.5. The van der Waals surface area contributed by atoms with Gasteiger partial charge in [0, 0.05) is 5.02 Å². The van der Waals surface area contributed by atoms with Gasteiger partial charge < -0.3 is 19.9 Å². The highest BCUT2D eigenvalue weighted by Gasteiger charge is 2.24. The van der Waals surface area contributed by atoms with Gasteiger partial charge in [0.05, 0.1) is 17.7 Å². The molecule has 1 amide bonds. The standard InChI is InChI=1S/C24H19ClN2O4S/c1-30-21-12-16(4-11-20(21)31-14-15-2-5-17(25)6-3-15)13-22-23(29)27-24(32-22)26-18-7-9-19(28)10-8-18/h2-13,28H,14H2,1H3,(H,26,27,29)/b22-13-. The van der Waals surface area contributed by atoms with Gasteiger partial charge in [-0.25, -0.2) is 4.99 Å². The van der Waals surface area contributed by atoms with Crippen molar-refractivity contribution in [3.05, 3.63) is 87.8 Å². The largest absolute Gasteiger partial charge is 0.508 e. The lowest BCUT2D eigenvalue weighted by molar-refractivity contribution is -0.115. The number of amidine groups is 1. The molecule has 1 fully saturated rings. The van der Waals surface area contributed by atoms with Crippen LogP contribution in [0, 0.1) is 0 Å². The fraction of sp³-hybridized carbons (Fsp3) is 0.0833. The van der Waals surface area contributed by atoms with Crippen LogP contribution in [0.2, 0.25) is 5.02 Å². The maximum Gasteiger partial charge on any atom is 0.264 e. The molecule has 1 aliphatic heterocycles. The van der Waals surface area contributed by atoms with Gasteiger partial charge in [0.2, 0.25) is 0 Å². The number of ether oxygens (including phenoxy) is 2. The molecule has 0 radical (unpaired) electrons. The quantitative estimate of drug-likeness (QED) is 0.467. The summed E-state index contributed by atoms with van der Waals surface area (Å²) in [6.45, 7) is 0.378. The maximum absolute atomic E-state index is 12.4. The highest BCUT2D eigenvalue weighted by Crippen LogP contribution is 2.33. The summed E-state index contributed by atoms with van der Waals surface area (Å²) in [5.74, 6) is 1.10. The van der Waals surface area contributed by atoms with Crippen molar-refractivity contribution >= 4 is 46.2 Å². The van der Waals surface area contributed by atoms with Gasteiger partial charge in [-0.05, 0) is 77.5 Å². The minimum Gasteiger partial charge on any atom is -0.508 e. The first kappa shape index (κ1) is 21.8. The summed E-state index contributed by atoms with van der Waals surface area (Å²) < 4.78 is 11.3. The number of carbonyl (C=O) groups excluding carboxylic acids is 1. The summed E-state index contributed by atoms with van der Waals surface area (Å²) in [5.41, 5.74) is 2.42. The van der Waals surface area contributed by atoms with Crippen molar-refractivity contribution < 1.29 is 19.4 Å². The molecule has 2 N–H and O–H groups in total. The van der Waals surface area contributed by atoms with Crippen molar-refractivity contribution in [1.29, 1.82) is 0 Å². The maximum atomic E-state index is 12.4. The number of benzene rings is 3. The van der Waals surface area contributed by atoms with Crippen LogP contribution in [0.25, 0.3) is 6.08 Å². The molecule has 0 atom stereocenters. The highest BCUT2D eigenvalue weighted by atomic mass is 35.5. The van der Waals surface area contributed by atoms with Crippen LogP contribution in [0.5, 0.6) is 17.2 Å². The van der Waals surface area contributed by atoms with Crippen LogP contribution in [-0.2, 0) is 11.4 Å². The molecule has 0 unspecified atom stereocenters. The zero-order valence-electron chi connectivity index (χ0n) is 17.0. The van der Waals surface area contributed by atoms with E-state index < -0.39 is 0 Å². The Balaban J connectivity index is 1.47. The van der Waals surface area contributed by atoms with Crippen molar-refractivity contribution in [2.24, 2.45) is 4.99 Å². The molecule has 0 aliphatic carbocycles. The van der Waals surface area contributed by atoms with Crippen molar-refractivity contribution in [3.63, 3.8) is 0 Å².